The Bertz CT molecular complexity index is 410. The van der Waals surface area contributed by atoms with Gasteiger partial charge in [-0.25, -0.2) is 0 Å². The summed E-state index contributed by atoms with van der Waals surface area (Å²) in [4.78, 5) is 2.56. The number of likely N-dealkylation sites (tertiary alicyclic amines) is 1. The third kappa shape index (κ3) is 3.96. The molecular weight excluding hydrogens is 272 g/mol. The molecule has 2 rings (SSSR count). The van der Waals surface area contributed by atoms with Crippen LogP contribution in [0.25, 0.3) is 0 Å². The van der Waals surface area contributed by atoms with Crippen molar-refractivity contribution in [1.82, 2.24) is 20.0 Å². The molecule has 0 atom stereocenters. The van der Waals surface area contributed by atoms with Crippen molar-refractivity contribution in [2.24, 2.45) is 0 Å². The molecule has 20 heavy (non-hydrogen) atoms. The van der Waals surface area contributed by atoms with Crippen molar-refractivity contribution in [3.05, 3.63) is 16.4 Å². The summed E-state index contributed by atoms with van der Waals surface area (Å²) < 4.78 is 2.02. The van der Waals surface area contributed by atoms with Crippen LogP contribution in [-0.4, -0.2) is 40.9 Å². The molecule has 114 valence electrons. The molecule has 1 aliphatic rings. The predicted molar refractivity (Wildman–Crippen MR) is 84.3 cm³/mol. The SMILES string of the molecule is CCc1nn(CC)c(CNCCCN2CCCC2)c1Cl. The Morgan fingerprint density at radius 2 is 2.00 bits per heavy atom. The van der Waals surface area contributed by atoms with E-state index in [0.29, 0.717) is 0 Å². The smallest absolute Gasteiger partial charge is 0.0863 e. The van der Waals surface area contributed by atoms with Gasteiger partial charge >= 0.3 is 0 Å². The molecule has 0 saturated carbocycles. The highest BCUT2D eigenvalue weighted by Crippen LogP contribution is 2.21. The number of hydrogen-bond acceptors (Lipinski definition) is 3. The van der Waals surface area contributed by atoms with Gasteiger partial charge in [-0.1, -0.05) is 18.5 Å². The first-order chi connectivity index (χ1) is 9.76. The standard InChI is InChI=1S/C15H27ClN4/c1-3-13-15(16)14(20(4-2)18-13)12-17-8-7-11-19-9-5-6-10-19/h17H,3-12H2,1-2H3. The average molecular weight is 299 g/mol. The maximum Gasteiger partial charge on any atom is 0.0863 e. The van der Waals surface area contributed by atoms with E-state index >= 15 is 0 Å². The summed E-state index contributed by atoms with van der Waals surface area (Å²) in [5.41, 5.74) is 2.15. The summed E-state index contributed by atoms with van der Waals surface area (Å²) in [6.07, 6.45) is 4.85. The van der Waals surface area contributed by atoms with Crippen molar-refractivity contribution < 1.29 is 0 Å². The molecule has 0 spiro atoms. The number of nitrogens with zero attached hydrogens (tertiary/aromatic N) is 3. The molecule has 1 saturated heterocycles. The van der Waals surface area contributed by atoms with Crippen LogP contribution < -0.4 is 5.32 Å². The molecule has 2 heterocycles. The van der Waals surface area contributed by atoms with Crippen molar-refractivity contribution in [3.63, 3.8) is 0 Å². The zero-order chi connectivity index (χ0) is 14.4. The summed E-state index contributed by atoms with van der Waals surface area (Å²) in [5.74, 6) is 0. The van der Waals surface area contributed by atoms with E-state index in [0.717, 1.165) is 42.5 Å². The fourth-order valence-corrected chi connectivity index (χ4v) is 3.16. The Morgan fingerprint density at radius 1 is 1.25 bits per heavy atom. The second-order valence-corrected chi connectivity index (χ2v) is 5.83. The summed E-state index contributed by atoms with van der Waals surface area (Å²) in [6.45, 7) is 10.7. The zero-order valence-corrected chi connectivity index (χ0v) is 13.5. The minimum atomic E-state index is 0.819. The highest BCUT2D eigenvalue weighted by molar-refractivity contribution is 6.31. The Morgan fingerprint density at radius 3 is 2.65 bits per heavy atom. The average Bonchev–Trinajstić information content (AvgIpc) is 3.07. The molecule has 5 heteroatoms. The van der Waals surface area contributed by atoms with Crippen molar-refractivity contribution in [2.75, 3.05) is 26.2 Å². The van der Waals surface area contributed by atoms with Gasteiger partial charge in [0.05, 0.1) is 16.4 Å². The van der Waals surface area contributed by atoms with E-state index in [-0.39, 0.29) is 0 Å². The van der Waals surface area contributed by atoms with Gasteiger partial charge in [-0.05, 0) is 58.8 Å². The number of aryl methyl sites for hydroxylation is 2. The lowest BCUT2D eigenvalue weighted by Gasteiger charge is -2.14. The lowest BCUT2D eigenvalue weighted by Crippen LogP contribution is -2.25. The van der Waals surface area contributed by atoms with Gasteiger partial charge in [0.25, 0.3) is 0 Å². The molecule has 1 aromatic rings. The minimum absolute atomic E-state index is 0.819. The van der Waals surface area contributed by atoms with Gasteiger partial charge in [0.2, 0.25) is 0 Å². The van der Waals surface area contributed by atoms with E-state index in [1.807, 2.05) is 4.68 Å². The highest BCUT2D eigenvalue weighted by Gasteiger charge is 2.14. The topological polar surface area (TPSA) is 33.1 Å². The Balaban J connectivity index is 1.74. The van der Waals surface area contributed by atoms with Crippen molar-refractivity contribution in [3.8, 4) is 0 Å². The van der Waals surface area contributed by atoms with Crippen molar-refractivity contribution in [2.45, 2.75) is 52.6 Å². The molecule has 4 nitrogen and oxygen atoms in total. The fraction of sp³-hybridized carbons (Fsp3) is 0.800. The maximum absolute atomic E-state index is 6.39. The monoisotopic (exact) mass is 298 g/mol. The van der Waals surface area contributed by atoms with Crippen LogP contribution in [-0.2, 0) is 19.5 Å². The number of halogens is 1. The summed E-state index contributed by atoms with van der Waals surface area (Å²) in [7, 11) is 0. The molecule has 1 aromatic heterocycles. The molecule has 0 bridgehead atoms. The highest BCUT2D eigenvalue weighted by atomic mass is 35.5. The van der Waals surface area contributed by atoms with Gasteiger partial charge in [-0.15, -0.1) is 0 Å². The van der Waals surface area contributed by atoms with Gasteiger partial charge in [0, 0.05) is 13.1 Å². The summed E-state index contributed by atoms with van der Waals surface area (Å²) in [5, 5.41) is 8.90. The van der Waals surface area contributed by atoms with E-state index in [1.165, 1.54) is 38.9 Å². The Labute approximate surface area is 127 Å². The lowest BCUT2D eigenvalue weighted by atomic mass is 10.3. The lowest BCUT2D eigenvalue weighted by molar-refractivity contribution is 0.330. The van der Waals surface area contributed by atoms with E-state index in [1.54, 1.807) is 0 Å². The molecule has 1 aliphatic heterocycles. The van der Waals surface area contributed by atoms with E-state index in [9.17, 15) is 0 Å². The quantitative estimate of drug-likeness (QED) is 0.749. The van der Waals surface area contributed by atoms with E-state index in [4.69, 9.17) is 11.6 Å². The first-order valence-corrected chi connectivity index (χ1v) is 8.31. The first kappa shape index (κ1) is 15.8. The summed E-state index contributed by atoms with van der Waals surface area (Å²) >= 11 is 6.39. The van der Waals surface area contributed by atoms with Crippen LogP contribution in [0.2, 0.25) is 5.02 Å². The van der Waals surface area contributed by atoms with E-state index < -0.39 is 0 Å². The molecule has 0 radical (unpaired) electrons. The zero-order valence-electron chi connectivity index (χ0n) is 12.8. The molecule has 0 aliphatic carbocycles. The molecule has 1 fully saturated rings. The van der Waals surface area contributed by atoms with E-state index in [2.05, 4.69) is 29.2 Å². The van der Waals surface area contributed by atoms with Gasteiger partial charge < -0.3 is 10.2 Å². The van der Waals surface area contributed by atoms with Crippen molar-refractivity contribution in [1.29, 1.82) is 0 Å². The summed E-state index contributed by atoms with van der Waals surface area (Å²) in [6, 6.07) is 0. The van der Waals surface area contributed by atoms with Crippen LogP contribution in [0.1, 0.15) is 44.5 Å². The second kappa shape index (κ2) is 8.01. The normalized spacial score (nSPS) is 16.1. The number of rotatable bonds is 8. The number of aromatic nitrogens is 2. The Hall–Kier alpha value is -0.580. The molecule has 0 unspecified atom stereocenters. The maximum atomic E-state index is 6.39. The van der Waals surface area contributed by atoms with Gasteiger partial charge in [0.15, 0.2) is 0 Å². The number of nitrogens with one attached hydrogen (secondary N) is 1. The fourth-order valence-electron chi connectivity index (χ4n) is 2.83. The van der Waals surface area contributed by atoms with Crippen molar-refractivity contribution >= 4 is 11.6 Å². The second-order valence-electron chi connectivity index (χ2n) is 5.46. The van der Waals surface area contributed by atoms with Crippen LogP contribution in [0.4, 0.5) is 0 Å². The van der Waals surface area contributed by atoms with Crippen LogP contribution in [0.3, 0.4) is 0 Å². The third-order valence-corrected chi connectivity index (χ3v) is 4.45. The van der Waals surface area contributed by atoms with Gasteiger partial charge in [-0.2, -0.15) is 5.10 Å². The Kier molecular flexibility index (Phi) is 6.33. The predicted octanol–water partition coefficient (Wildman–Crippen LogP) is 2.69. The van der Waals surface area contributed by atoms with Crippen LogP contribution >= 0.6 is 11.6 Å². The van der Waals surface area contributed by atoms with Crippen LogP contribution in [0.15, 0.2) is 0 Å². The molecule has 1 N–H and O–H groups in total. The number of hydrogen-bond donors (Lipinski definition) is 1. The minimum Gasteiger partial charge on any atom is -0.311 e. The van der Waals surface area contributed by atoms with Crippen LogP contribution in [0, 0.1) is 0 Å². The van der Waals surface area contributed by atoms with Gasteiger partial charge in [-0.3, -0.25) is 4.68 Å². The molecule has 0 amide bonds. The van der Waals surface area contributed by atoms with Crippen LogP contribution in [0.5, 0.6) is 0 Å². The largest absolute Gasteiger partial charge is 0.311 e. The molecule has 0 aromatic carbocycles. The third-order valence-electron chi connectivity index (χ3n) is 4.01. The van der Waals surface area contributed by atoms with Gasteiger partial charge in [0.1, 0.15) is 0 Å². The first-order valence-electron chi connectivity index (χ1n) is 7.93. The molecular formula is C15H27ClN4.